The lowest BCUT2D eigenvalue weighted by atomic mass is 9.71. The number of fused-ring (bicyclic) bond motifs is 4. The Morgan fingerprint density at radius 2 is 1.87 bits per heavy atom. The van der Waals surface area contributed by atoms with E-state index in [-0.39, 0.29) is 5.41 Å². The molecule has 0 bridgehead atoms. The number of aromatic nitrogens is 1. The number of rotatable bonds is 2. The van der Waals surface area contributed by atoms with Crippen molar-refractivity contribution in [3.63, 3.8) is 0 Å². The number of benzene rings is 2. The lowest BCUT2D eigenvalue weighted by Crippen LogP contribution is -2.47. The summed E-state index contributed by atoms with van der Waals surface area (Å²) in [5, 5.41) is 2.15. The van der Waals surface area contributed by atoms with E-state index in [0.29, 0.717) is 0 Å². The molecule has 3 aromatic rings. The van der Waals surface area contributed by atoms with Crippen LogP contribution >= 0.6 is 11.6 Å². The number of H-pyrrole nitrogens is 1. The van der Waals surface area contributed by atoms with Crippen molar-refractivity contribution in [3.05, 3.63) is 63.3 Å². The molecular formula is C27H28ClN3. The van der Waals surface area contributed by atoms with E-state index in [4.69, 9.17) is 18.0 Å². The van der Waals surface area contributed by atoms with E-state index in [1.807, 2.05) is 6.07 Å². The summed E-state index contributed by atoms with van der Waals surface area (Å²) in [4.78, 5) is 8.84. The number of aromatic amines is 1. The Balaban J connectivity index is 1.39. The average Bonchev–Trinajstić information content (AvgIpc) is 3.55. The number of nitrogens with zero attached hydrogens (tertiary/aromatic N) is 2. The summed E-state index contributed by atoms with van der Waals surface area (Å²) in [5.41, 5.74) is 8.51. The summed E-state index contributed by atoms with van der Waals surface area (Å²) < 4.78 is 0. The Bertz CT molecular complexity index is 1230. The van der Waals surface area contributed by atoms with Gasteiger partial charge in [-0.05, 0) is 53.8 Å². The van der Waals surface area contributed by atoms with E-state index in [1.54, 1.807) is 0 Å². The van der Waals surface area contributed by atoms with Crippen molar-refractivity contribution in [1.29, 1.82) is 0 Å². The highest BCUT2D eigenvalue weighted by Crippen LogP contribution is 2.46. The molecule has 0 spiro atoms. The van der Waals surface area contributed by atoms with Crippen molar-refractivity contribution >= 4 is 28.2 Å². The quantitative estimate of drug-likeness (QED) is 0.557. The van der Waals surface area contributed by atoms with Crippen LogP contribution in [0.2, 0.25) is 5.02 Å². The minimum atomic E-state index is -0.118. The summed E-state index contributed by atoms with van der Waals surface area (Å²) in [5.74, 6) is 2.76. The summed E-state index contributed by atoms with van der Waals surface area (Å²) in [6, 6.07) is 11.7. The van der Waals surface area contributed by atoms with Crippen molar-refractivity contribution in [1.82, 2.24) is 9.88 Å². The second-order valence-corrected chi connectivity index (χ2v) is 10.3. The minimum Gasteiger partial charge on any atom is -0.368 e. The fourth-order valence-electron chi connectivity index (χ4n) is 5.73. The first-order valence-electron chi connectivity index (χ1n) is 11.4. The normalized spacial score (nSPS) is 20.4. The zero-order chi connectivity index (χ0) is 21.3. The summed E-state index contributed by atoms with van der Waals surface area (Å²) in [6.45, 7) is 9.05. The number of hydrogen-bond donors (Lipinski definition) is 1. The van der Waals surface area contributed by atoms with Gasteiger partial charge in [-0.15, -0.1) is 6.42 Å². The Morgan fingerprint density at radius 1 is 1.10 bits per heavy atom. The van der Waals surface area contributed by atoms with E-state index in [1.165, 1.54) is 46.3 Å². The first-order valence-corrected chi connectivity index (χ1v) is 11.8. The van der Waals surface area contributed by atoms with Gasteiger partial charge in [0.1, 0.15) is 0 Å². The van der Waals surface area contributed by atoms with E-state index in [9.17, 15) is 0 Å². The van der Waals surface area contributed by atoms with Crippen LogP contribution in [0.25, 0.3) is 10.9 Å². The predicted octanol–water partition coefficient (Wildman–Crippen LogP) is 5.32. The molecule has 31 heavy (non-hydrogen) atoms. The van der Waals surface area contributed by atoms with Crippen molar-refractivity contribution in [3.8, 4) is 12.3 Å². The van der Waals surface area contributed by atoms with E-state index in [2.05, 4.69) is 58.8 Å². The first kappa shape index (κ1) is 19.3. The number of anilines is 1. The van der Waals surface area contributed by atoms with Crippen molar-refractivity contribution < 1.29 is 0 Å². The monoisotopic (exact) mass is 429 g/mol. The summed E-state index contributed by atoms with van der Waals surface area (Å²) in [6.07, 6.45) is 9.29. The molecule has 158 valence electrons. The molecule has 2 aromatic carbocycles. The van der Waals surface area contributed by atoms with Gasteiger partial charge in [0.15, 0.2) is 0 Å². The van der Waals surface area contributed by atoms with Crippen LogP contribution in [0.15, 0.2) is 30.3 Å². The second kappa shape index (κ2) is 6.79. The third kappa shape index (κ3) is 3.00. The molecule has 3 nitrogen and oxygen atoms in total. The molecule has 2 aliphatic carbocycles. The molecule has 0 unspecified atom stereocenters. The first-order chi connectivity index (χ1) is 15.0. The maximum Gasteiger partial charge on any atom is 0.0642 e. The van der Waals surface area contributed by atoms with Crippen LogP contribution in [0.4, 0.5) is 5.69 Å². The second-order valence-electron chi connectivity index (χ2n) is 9.90. The summed E-state index contributed by atoms with van der Waals surface area (Å²) in [7, 11) is 0. The molecule has 4 heteroatoms. The Hall–Kier alpha value is -2.41. The lowest BCUT2D eigenvalue weighted by molar-refractivity contribution is 0.248. The fraction of sp³-hybridized carbons (Fsp3) is 0.407. The third-order valence-corrected chi connectivity index (χ3v) is 7.93. The maximum absolute atomic E-state index is 6.87. The zero-order valence-electron chi connectivity index (χ0n) is 18.3. The molecule has 1 N–H and O–H groups in total. The van der Waals surface area contributed by atoms with Gasteiger partial charge in [-0.1, -0.05) is 37.4 Å². The standard InChI is InChI=1S/C27H28ClN3/c1-4-17-5-8-20-21-14-18-15-23(28)25(31-11-9-30(10-12-31)19-6-7-19)16-22(18)27(2,3)26(21)29-24(20)13-17/h1,5,8,13,15-16,19,29H,6-7,9-12,14H2,2-3H3. The lowest BCUT2D eigenvalue weighted by Gasteiger charge is -2.39. The molecule has 3 aliphatic rings. The number of piperazine rings is 1. The molecule has 0 radical (unpaired) electrons. The minimum absolute atomic E-state index is 0.118. The Morgan fingerprint density at radius 3 is 2.58 bits per heavy atom. The van der Waals surface area contributed by atoms with Crippen LogP contribution in [0.1, 0.15) is 54.6 Å². The van der Waals surface area contributed by atoms with Crippen molar-refractivity contribution in [2.24, 2.45) is 0 Å². The highest BCUT2D eigenvalue weighted by molar-refractivity contribution is 6.33. The third-order valence-electron chi connectivity index (χ3n) is 7.63. The van der Waals surface area contributed by atoms with Crippen LogP contribution in [-0.4, -0.2) is 42.1 Å². The molecule has 6 rings (SSSR count). The molecule has 1 saturated carbocycles. The van der Waals surface area contributed by atoms with E-state index < -0.39 is 0 Å². The Kier molecular flexibility index (Phi) is 4.23. The van der Waals surface area contributed by atoms with Gasteiger partial charge >= 0.3 is 0 Å². The van der Waals surface area contributed by atoms with Gasteiger partial charge in [-0.25, -0.2) is 0 Å². The van der Waals surface area contributed by atoms with Gasteiger partial charge in [0.05, 0.1) is 10.7 Å². The summed E-state index contributed by atoms with van der Waals surface area (Å²) >= 11 is 6.87. The van der Waals surface area contributed by atoms with Gasteiger partial charge in [-0.2, -0.15) is 0 Å². The molecule has 2 heterocycles. The van der Waals surface area contributed by atoms with E-state index >= 15 is 0 Å². The highest BCUT2D eigenvalue weighted by Gasteiger charge is 2.37. The molecule has 1 saturated heterocycles. The Labute approximate surface area is 189 Å². The molecule has 1 aliphatic heterocycles. The highest BCUT2D eigenvalue weighted by atomic mass is 35.5. The molecule has 2 fully saturated rings. The molecule has 0 atom stereocenters. The van der Waals surface area contributed by atoms with Crippen molar-refractivity contribution in [2.45, 2.75) is 44.6 Å². The van der Waals surface area contributed by atoms with Crippen LogP contribution in [-0.2, 0) is 11.8 Å². The SMILES string of the molecule is C#Cc1ccc2c3c([nH]c2c1)C(C)(C)c1cc(N2CCN(C4CC4)CC2)c(Cl)cc1C3. The zero-order valence-corrected chi connectivity index (χ0v) is 19.0. The van der Waals surface area contributed by atoms with Crippen LogP contribution in [0.3, 0.4) is 0 Å². The van der Waals surface area contributed by atoms with Crippen LogP contribution in [0, 0.1) is 12.3 Å². The van der Waals surface area contributed by atoms with Crippen LogP contribution in [0.5, 0.6) is 0 Å². The van der Waals surface area contributed by atoms with E-state index in [0.717, 1.165) is 54.7 Å². The largest absolute Gasteiger partial charge is 0.368 e. The number of hydrogen-bond acceptors (Lipinski definition) is 2. The van der Waals surface area contributed by atoms with Gasteiger partial charge in [0.2, 0.25) is 0 Å². The fourth-order valence-corrected chi connectivity index (χ4v) is 6.03. The average molecular weight is 430 g/mol. The van der Waals surface area contributed by atoms with Gasteiger partial charge in [0, 0.05) is 66.2 Å². The molecule has 0 amide bonds. The van der Waals surface area contributed by atoms with Gasteiger partial charge in [-0.3, -0.25) is 4.90 Å². The molecular weight excluding hydrogens is 402 g/mol. The maximum atomic E-state index is 6.87. The smallest absolute Gasteiger partial charge is 0.0642 e. The molecule has 1 aromatic heterocycles. The number of halogens is 1. The van der Waals surface area contributed by atoms with Crippen LogP contribution < -0.4 is 4.90 Å². The van der Waals surface area contributed by atoms with Crippen molar-refractivity contribution in [2.75, 3.05) is 31.1 Å². The topological polar surface area (TPSA) is 22.3 Å². The van der Waals surface area contributed by atoms with Gasteiger partial charge in [0.25, 0.3) is 0 Å². The van der Waals surface area contributed by atoms with Gasteiger partial charge < -0.3 is 9.88 Å². The number of terminal acetylenes is 1. The number of nitrogens with one attached hydrogen (secondary N) is 1. The predicted molar refractivity (Wildman–Crippen MR) is 129 cm³/mol.